The van der Waals surface area contributed by atoms with Crippen molar-refractivity contribution in [3.8, 4) is 0 Å². The average molecular weight is 275 g/mol. The number of carboxylic acids is 1. The third kappa shape index (κ3) is 2.72. The van der Waals surface area contributed by atoms with Crippen molar-refractivity contribution in [2.45, 2.75) is 45.0 Å². The lowest BCUT2D eigenvalue weighted by molar-refractivity contribution is -0.142. The quantitative estimate of drug-likeness (QED) is 0.855. The number of alkyl halides is 2. The summed E-state index contributed by atoms with van der Waals surface area (Å²) >= 11 is 0. The van der Waals surface area contributed by atoms with Crippen molar-refractivity contribution in [1.29, 1.82) is 0 Å². The maximum absolute atomic E-state index is 13.2. The molecule has 6 heteroatoms. The Morgan fingerprint density at radius 3 is 2.58 bits per heavy atom. The van der Waals surface area contributed by atoms with Crippen LogP contribution in [0.15, 0.2) is 0 Å². The van der Waals surface area contributed by atoms with E-state index in [0.29, 0.717) is 19.5 Å². The van der Waals surface area contributed by atoms with Crippen molar-refractivity contribution >= 4 is 11.9 Å². The van der Waals surface area contributed by atoms with Gasteiger partial charge in [-0.1, -0.05) is 0 Å². The number of rotatable bonds is 4. The smallest absolute Gasteiger partial charge is 0.303 e. The Balaban J connectivity index is 1.91. The van der Waals surface area contributed by atoms with Gasteiger partial charge in [0.2, 0.25) is 5.91 Å². The number of piperidine rings is 1. The standard InChI is InChI=1S/C13H19F2NO3/c1-12(8-13(12,14)15)11(19)16-6-2-3-9(7-16)4-5-10(17)18/h9H,2-8H2,1H3,(H,17,18). The van der Waals surface area contributed by atoms with E-state index in [2.05, 4.69) is 0 Å². The van der Waals surface area contributed by atoms with E-state index in [4.69, 9.17) is 5.11 Å². The van der Waals surface area contributed by atoms with Crippen molar-refractivity contribution in [2.24, 2.45) is 11.3 Å². The molecule has 1 saturated carbocycles. The van der Waals surface area contributed by atoms with Gasteiger partial charge in [-0.05, 0) is 32.1 Å². The van der Waals surface area contributed by atoms with Crippen LogP contribution in [0.3, 0.4) is 0 Å². The summed E-state index contributed by atoms with van der Waals surface area (Å²) < 4.78 is 26.4. The summed E-state index contributed by atoms with van der Waals surface area (Å²) in [4.78, 5) is 24.1. The zero-order valence-electron chi connectivity index (χ0n) is 11.0. The number of aliphatic carboxylic acids is 1. The molecule has 1 N–H and O–H groups in total. The van der Waals surface area contributed by atoms with E-state index in [9.17, 15) is 18.4 Å². The molecular formula is C13H19F2NO3. The highest BCUT2D eigenvalue weighted by Gasteiger charge is 2.73. The molecule has 108 valence electrons. The largest absolute Gasteiger partial charge is 0.481 e. The SMILES string of the molecule is CC1(C(=O)N2CCCC(CCC(=O)O)C2)CC1(F)F. The Hall–Kier alpha value is -1.20. The van der Waals surface area contributed by atoms with Crippen molar-refractivity contribution in [2.75, 3.05) is 13.1 Å². The van der Waals surface area contributed by atoms with Crippen molar-refractivity contribution in [1.82, 2.24) is 4.90 Å². The Kier molecular flexibility index (Phi) is 3.53. The van der Waals surface area contributed by atoms with Crippen LogP contribution in [0.1, 0.15) is 39.0 Å². The number of likely N-dealkylation sites (tertiary alicyclic amines) is 1. The van der Waals surface area contributed by atoms with Crippen LogP contribution in [0.2, 0.25) is 0 Å². The molecule has 0 aromatic heterocycles. The van der Waals surface area contributed by atoms with Gasteiger partial charge in [-0.25, -0.2) is 8.78 Å². The number of halogens is 2. The number of amides is 1. The van der Waals surface area contributed by atoms with Gasteiger partial charge in [0.05, 0.1) is 0 Å². The van der Waals surface area contributed by atoms with Crippen LogP contribution in [0.4, 0.5) is 8.78 Å². The van der Waals surface area contributed by atoms with Crippen molar-refractivity contribution < 1.29 is 23.5 Å². The molecule has 2 atom stereocenters. The van der Waals surface area contributed by atoms with Gasteiger partial charge in [-0.3, -0.25) is 9.59 Å². The predicted molar refractivity (Wildman–Crippen MR) is 63.8 cm³/mol. The number of nitrogens with zero attached hydrogens (tertiary/aromatic N) is 1. The third-order valence-electron chi connectivity index (χ3n) is 4.30. The van der Waals surface area contributed by atoms with E-state index in [-0.39, 0.29) is 18.8 Å². The van der Waals surface area contributed by atoms with E-state index < -0.39 is 23.2 Å². The monoisotopic (exact) mass is 275 g/mol. The van der Waals surface area contributed by atoms with Gasteiger partial charge in [0.25, 0.3) is 5.92 Å². The van der Waals surface area contributed by atoms with Gasteiger partial charge < -0.3 is 10.0 Å². The minimum absolute atomic E-state index is 0.0696. The first-order valence-corrected chi connectivity index (χ1v) is 6.65. The predicted octanol–water partition coefficient (Wildman–Crippen LogP) is 2.14. The number of carboxylic acid groups (broad SMARTS) is 1. The molecule has 1 aliphatic heterocycles. The molecule has 1 saturated heterocycles. The molecule has 2 aliphatic rings. The highest BCUT2D eigenvalue weighted by Crippen LogP contribution is 2.61. The van der Waals surface area contributed by atoms with Crippen molar-refractivity contribution in [3.05, 3.63) is 0 Å². The van der Waals surface area contributed by atoms with E-state index in [1.165, 1.54) is 11.8 Å². The lowest BCUT2D eigenvalue weighted by Crippen LogP contribution is -2.44. The summed E-state index contributed by atoms with van der Waals surface area (Å²) in [5, 5.41) is 8.65. The van der Waals surface area contributed by atoms with Crippen LogP contribution in [-0.2, 0) is 9.59 Å². The molecule has 0 aromatic carbocycles. The molecule has 0 radical (unpaired) electrons. The van der Waals surface area contributed by atoms with Crippen LogP contribution in [-0.4, -0.2) is 40.9 Å². The number of carbonyl (C=O) groups excluding carboxylic acids is 1. The number of carbonyl (C=O) groups is 2. The lowest BCUT2D eigenvalue weighted by Gasteiger charge is -2.34. The molecule has 0 bridgehead atoms. The maximum atomic E-state index is 13.2. The second-order valence-electron chi connectivity index (χ2n) is 5.91. The first-order chi connectivity index (χ1) is 8.76. The first-order valence-electron chi connectivity index (χ1n) is 6.65. The Labute approximate surface area is 110 Å². The summed E-state index contributed by atoms with van der Waals surface area (Å²) in [6.07, 6.45) is 1.84. The van der Waals surface area contributed by atoms with Gasteiger partial charge in [0.15, 0.2) is 0 Å². The van der Waals surface area contributed by atoms with E-state index in [1.807, 2.05) is 0 Å². The van der Waals surface area contributed by atoms with Gasteiger partial charge in [-0.2, -0.15) is 0 Å². The number of hydrogen-bond donors (Lipinski definition) is 1. The molecule has 0 spiro atoms. The molecule has 1 aliphatic carbocycles. The zero-order chi connectivity index (χ0) is 14.3. The van der Waals surface area contributed by atoms with Crippen LogP contribution in [0.5, 0.6) is 0 Å². The second kappa shape index (κ2) is 4.72. The fourth-order valence-electron chi connectivity index (χ4n) is 2.79. The van der Waals surface area contributed by atoms with Crippen LogP contribution in [0, 0.1) is 11.3 Å². The molecule has 4 nitrogen and oxygen atoms in total. The van der Waals surface area contributed by atoms with Gasteiger partial charge in [-0.15, -0.1) is 0 Å². The number of hydrogen-bond acceptors (Lipinski definition) is 2. The van der Waals surface area contributed by atoms with Crippen LogP contribution in [0.25, 0.3) is 0 Å². The second-order valence-corrected chi connectivity index (χ2v) is 5.91. The molecule has 2 unspecified atom stereocenters. The molecular weight excluding hydrogens is 256 g/mol. The Bertz CT molecular complexity index is 399. The van der Waals surface area contributed by atoms with E-state index in [0.717, 1.165) is 12.8 Å². The topological polar surface area (TPSA) is 57.6 Å². The summed E-state index contributed by atoms with van der Waals surface area (Å²) in [6.45, 7) is 2.24. The Morgan fingerprint density at radius 1 is 1.42 bits per heavy atom. The molecule has 0 aromatic rings. The summed E-state index contributed by atoms with van der Waals surface area (Å²) in [5.41, 5.74) is -1.53. The lowest BCUT2D eigenvalue weighted by atomic mass is 9.92. The van der Waals surface area contributed by atoms with Crippen LogP contribution >= 0.6 is 0 Å². The molecule has 2 rings (SSSR count). The molecule has 1 heterocycles. The first kappa shape index (κ1) is 14.2. The summed E-state index contributed by atoms with van der Waals surface area (Å²) in [6, 6.07) is 0. The highest BCUT2D eigenvalue weighted by atomic mass is 19.3. The van der Waals surface area contributed by atoms with Gasteiger partial charge in [0, 0.05) is 25.9 Å². The molecule has 1 amide bonds. The van der Waals surface area contributed by atoms with Crippen molar-refractivity contribution in [3.63, 3.8) is 0 Å². The van der Waals surface area contributed by atoms with Gasteiger partial charge in [0.1, 0.15) is 5.41 Å². The van der Waals surface area contributed by atoms with E-state index in [1.54, 1.807) is 0 Å². The normalized spacial score (nSPS) is 33.0. The molecule has 19 heavy (non-hydrogen) atoms. The van der Waals surface area contributed by atoms with Gasteiger partial charge >= 0.3 is 5.97 Å². The minimum Gasteiger partial charge on any atom is -0.481 e. The summed E-state index contributed by atoms with van der Waals surface area (Å²) in [7, 11) is 0. The Morgan fingerprint density at radius 2 is 2.05 bits per heavy atom. The average Bonchev–Trinajstić information content (AvgIpc) is 2.87. The minimum atomic E-state index is -2.88. The molecule has 2 fully saturated rings. The third-order valence-corrected chi connectivity index (χ3v) is 4.30. The van der Waals surface area contributed by atoms with E-state index >= 15 is 0 Å². The zero-order valence-corrected chi connectivity index (χ0v) is 11.0. The fourth-order valence-corrected chi connectivity index (χ4v) is 2.79. The highest BCUT2D eigenvalue weighted by molar-refractivity contribution is 5.87. The maximum Gasteiger partial charge on any atom is 0.303 e. The fraction of sp³-hybridized carbons (Fsp3) is 0.846. The van der Waals surface area contributed by atoms with Crippen LogP contribution < -0.4 is 0 Å². The summed E-state index contributed by atoms with van der Waals surface area (Å²) in [5.74, 6) is -4.09.